The summed E-state index contributed by atoms with van der Waals surface area (Å²) in [7, 11) is 3.27. The number of nitrogens with one attached hydrogen (secondary N) is 1. The summed E-state index contributed by atoms with van der Waals surface area (Å²) in [5.74, 6) is 2.16. The normalized spacial score (nSPS) is 12.0. The van der Waals surface area contributed by atoms with Gasteiger partial charge in [-0.2, -0.15) is 0 Å². The Morgan fingerprint density at radius 3 is 2.52 bits per heavy atom. The van der Waals surface area contributed by atoms with Gasteiger partial charge in [-0.3, -0.25) is 4.79 Å². The molecule has 136 valence electrons. The Morgan fingerprint density at radius 2 is 1.92 bits per heavy atom. The number of methoxy groups -OCH3 is 2. The molecule has 25 heavy (non-hydrogen) atoms. The summed E-state index contributed by atoms with van der Waals surface area (Å²) in [6.45, 7) is 4.95. The van der Waals surface area contributed by atoms with Crippen molar-refractivity contribution in [2.24, 2.45) is 5.92 Å². The maximum Gasteiger partial charge on any atom is 0.220 e. The zero-order chi connectivity index (χ0) is 18.2. The second kappa shape index (κ2) is 9.47. The first-order valence-corrected chi connectivity index (χ1v) is 9.44. The smallest absolute Gasteiger partial charge is 0.220 e. The van der Waals surface area contributed by atoms with E-state index in [2.05, 4.69) is 25.2 Å². The number of hydrogen-bond donors (Lipinski definition) is 1. The molecule has 0 spiro atoms. The molecule has 1 heterocycles. The highest BCUT2D eigenvalue weighted by Crippen LogP contribution is 2.33. The number of aryl methyl sites for hydroxylation is 1. The second-order valence-corrected chi connectivity index (χ2v) is 7.38. The summed E-state index contributed by atoms with van der Waals surface area (Å²) in [5, 5.41) is 5.13. The first kappa shape index (κ1) is 19.3. The number of hydrogen-bond acceptors (Lipinski definition) is 4. The maximum absolute atomic E-state index is 12.2. The number of ether oxygens (including phenoxy) is 2. The summed E-state index contributed by atoms with van der Waals surface area (Å²) in [6.07, 6.45) is 1.32. The minimum atomic E-state index is 0.0968. The van der Waals surface area contributed by atoms with Crippen molar-refractivity contribution >= 4 is 17.2 Å². The van der Waals surface area contributed by atoms with Gasteiger partial charge in [-0.15, -0.1) is 11.3 Å². The van der Waals surface area contributed by atoms with E-state index in [4.69, 9.17) is 9.47 Å². The largest absolute Gasteiger partial charge is 0.493 e. The molecular formula is C20H27NO3S. The van der Waals surface area contributed by atoms with Crippen LogP contribution in [-0.4, -0.2) is 26.7 Å². The summed E-state index contributed by atoms with van der Waals surface area (Å²) < 4.78 is 10.7. The Balaban J connectivity index is 1.97. The van der Waals surface area contributed by atoms with Gasteiger partial charge in [0.15, 0.2) is 11.5 Å². The standard InChI is InChI=1S/C20H27NO3S/c1-14(2)17(15-7-9-18(23-3)19(12-15)24-4)13-21-20(22)10-8-16-6-5-11-25-16/h5-7,9,11-12,14,17H,8,10,13H2,1-4H3,(H,21,22). The predicted octanol–water partition coefficient (Wildman–Crippen LogP) is 4.25. The van der Waals surface area contributed by atoms with Gasteiger partial charge in [0.1, 0.15) is 0 Å². The van der Waals surface area contributed by atoms with Crippen molar-refractivity contribution in [3.05, 3.63) is 46.2 Å². The third kappa shape index (κ3) is 5.49. The van der Waals surface area contributed by atoms with Crippen molar-refractivity contribution in [1.29, 1.82) is 0 Å². The highest BCUT2D eigenvalue weighted by molar-refractivity contribution is 7.09. The van der Waals surface area contributed by atoms with Crippen LogP contribution in [0.25, 0.3) is 0 Å². The Labute approximate surface area is 154 Å². The molecule has 1 unspecified atom stereocenters. The van der Waals surface area contributed by atoms with Crippen LogP contribution in [0, 0.1) is 5.92 Å². The molecular weight excluding hydrogens is 334 g/mol. The summed E-state index contributed by atoms with van der Waals surface area (Å²) in [6, 6.07) is 10.1. The molecule has 0 aliphatic carbocycles. The third-order valence-electron chi connectivity index (χ3n) is 4.34. The molecule has 5 heteroatoms. The number of rotatable bonds is 9. The SMILES string of the molecule is COc1ccc(C(CNC(=O)CCc2cccs2)C(C)C)cc1OC. The van der Waals surface area contributed by atoms with Crippen LogP contribution in [0.4, 0.5) is 0 Å². The topological polar surface area (TPSA) is 47.6 Å². The van der Waals surface area contributed by atoms with Crippen molar-refractivity contribution in [2.45, 2.75) is 32.6 Å². The minimum Gasteiger partial charge on any atom is -0.493 e. The number of carbonyl (C=O) groups excluding carboxylic acids is 1. The van der Waals surface area contributed by atoms with Crippen molar-refractivity contribution in [1.82, 2.24) is 5.32 Å². The monoisotopic (exact) mass is 361 g/mol. The predicted molar refractivity (Wildman–Crippen MR) is 103 cm³/mol. The van der Waals surface area contributed by atoms with Gasteiger partial charge in [0.05, 0.1) is 14.2 Å². The third-order valence-corrected chi connectivity index (χ3v) is 5.27. The van der Waals surface area contributed by atoms with Crippen LogP contribution in [0.15, 0.2) is 35.7 Å². The summed E-state index contributed by atoms with van der Waals surface area (Å²) in [5.41, 5.74) is 1.14. The lowest BCUT2D eigenvalue weighted by atomic mass is 9.88. The Kier molecular flexibility index (Phi) is 7.31. The Hall–Kier alpha value is -2.01. The van der Waals surface area contributed by atoms with Crippen molar-refractivity contribution in [3.8, 4) is 11.5 Å². The molecule has 0 bridgehead atoms. The van der Waals surface area contributed by atoms with E-state index in [0.29, 0.717) is 24.6 Å². The quantitative estimate of drug-likeness (QED) is 0.726. The molecule has 1 amide bonds. The van der Waals surface area contributed by atoms with Crippen LogP contribution in [0.5, 0.6) is 11.5 Å². The minimum absolute atomic E-state index is 0.0968. The van der Waals surface area contributed by atoms with Crippen LogP contribution < -0.4 is 14.8 Å². The number of carbonyl (C=O) groups is 1. The summed E-state index contributed by atoms with van der Waals surface area (Å²) in [4.78, 5) is 13.4. The van der Waals surface area contributed by atoms with Gasteiger partial charge >= 0.3 is 0 Å². The molecule has 1 N–H and O–H groups in total. The lowest BCUT2D eigenvalue weighted by Crippen LogP contribution is -2.30. The lowest BCUT2D eigenvalue weighted by Gasteiger charge is -2.23. The van der Waals surface area contributed by atoms with Gasteiger partial charge in [-0.05, 0) is 41.5 Å². The zero-order valence-electron chi connectivity index (χ0n) is 15.4. The van der Waals surface area contributed by atoms with E-state index in [1.165, 1.54) is 4.88 Å². The molecule has 4 nitrogen and oxygen atoms in total. The van der Waals surface area contributed by atoms with E-state index >= 15 is 0 Å². The van der Waals surface area contributed by atoms with Crippen LogP contribution >= 0.6 is 11.3 Å². The van der Waals surface area contributed by atoms with E-state index in [1.54, 1.807) is 25.6 Å². The Bertz CT molecular complexity index is 668. The average Bonchev–Trinajstić information content (AvgIpc) is 3.13. The van der Waals surface area contributed by atoms with E-state index in [-0.39, 0.29) is 11.8 Å². The molecule has 0 saturated heterocycles. The van der Waals surface area contributed by atoms with Gasteiger partial charge in [-0.25, -0.2) is 0 Å². The van der Waals surface area contributed by atoms with Crippen molar-refractivity contribution in [3.63, 3.8) is 0 Å². The molecule has 2 rings (SSSR count). The van der Waals surface area contributed by atoms with Gasteiger partial charge in [0.2, 0.25) is 5.91 Å². The first-order chi connectivity index (χ1) is 12.0. The fraction of sp³-hybridized carbons (Fsp3) is 0.450. The summed E-state index contributed by atoms with van der Waals surface area (Å²) >= 11 is 1.69. The number of thiophene rings is 1. The van der Waals surface area contributed by atoms with Gasteiger partial charge in [-0.1, -0.05) is 26.0 Å². The molecule has 1 aromatic heterocycles. The molecule has 0 saturated carbocycles. The van der Waals surface area contributed by atoms with Crippen molar-refractivity contribution < 1.29 is 14.3 Å². The van der Waals surface area contributed by atoms with Crippen LogP contribution in [0.1, 0.15) is 36.6 Å². The molecule has 1 atom stereocenters. The molecule has 1 aromatic carbocycles. The Morgan fingerprint density at radius 1 is 1.16 bits per heavy atom. The van der Waals surface area contributed by atoms with Crippen LogP contribution in [0.2, 0.25) is 0 Å². The average molecular weight is 362 g/mol. The van der Waals surface area contributed by atoms with Gasteiger partial charge in [0, 0.05) is 23.8 Å². The molecule has 0 aliphatic heterocycles. The van der Waals surface area contributed by atoms with E-state index in [9.17, 15) is 4.79 Å². The van der Waals surface area contributed by atoms with E-state index in [1.807, 2.05) is 29.6 Å². The molecule has 0 radical (unpaired) electrons. The lowest BCUT2D eigenvalue weighted by molar-refractivity contribution is -0.121. The highest BCUT2D eigenvalue weighted by Gasteiger charge is 2.19. The molecule has 2 aromatic rings. The number of amides is 1. The molecule has 0 fully saturated rings. The fourth-order valence-electron chi connectivity index (χ4n) is 2.83. The maximum atomic E-state index is 12.2. The first-order valence-electron chi connectivity index (χ1n) is 8.56. The van der Waals surface area contributed by atoms with Gasteiger partial charge in [0.25, 0.3) is 0 Å². The van der Waals surface area contributed by atoms with Crippen LogP contribution in [-0.2, 0) is 11.2 Å². The second-order valence-electron chi connectivity index (χ2n) is 6.35. The van der Waals surface area contributed by atoms with E-state index in [0.717, 1.165) is 17.7 Å². The number of benzene rings is 1. The van der Waals surface area contributed by atoms with Gasteiger partial charge < -0.3 is 14.8 Å². The van der Waals surface area contributed by atoms with E-state index < -0.39 is 0 Å². The fourth-order valence-corrected chi connectivity index (χ4v) is 3.53. The zero-order valence-corrected chi connectivity index (χ0v) is 16.2. The molecule has 0 aliphatic rings. The highest BCUT2D eigenvalue weighted by atomic mass is 32.1. The van der Waals surface area contributed by atoms with Crippen molar-refractivity contribution in [2.75, 3.05) is 20.8 Å². The van der Waals surface area contributed by atoms with Crippen LogP contribution in [0.3, 0.4) is 0 Å².